The van der Waals surface area contributed by atoms with Crippen molar-refractivity contribution >= 4 is 5.97 Å². The van der Waals surface area contributed by atoms with Crippen LogP contribution in [0.5, 0.6) is 5.75 Å². The molecule has 0 spiro atoms. The van der Waals surface area contributed by atoms with Gasteiger partial charge in [-0.2, -0.15) is 0 Å². The summed E-state index contributed by atoms with van der Waals surface area (Å²) < 4.78 is 10.2. The highest BCUT2D eigenvalue weighted by Gasteiger charge is 2.53. The van der Waals surface area contributed by atoms with E-state index in [4.69, 9.17) is 9.15 Å². The van der Waals surface area contributed by atoms with Gasteiger partial charge in [0.15, 0.2) is 0 Å². The maximum atomic E-state index is 12.3. The fraction of sp³-hybridized carbons (Fsp3) is 0.500. The molecule has 2 bridgehead atoms. The summed E-state index contributed by atoms with van der Waals surface area (Å²) in [5.74, 6) is 1.29. The van der Waals surface area contributed by atoms with Crippen LogP contribution in [0.1, 0.15) is 32.4 Å². The maximum Gasteiger partial charge on any atom is 0.339 e. The Hall–Kier alpha value is -1.84. The van der Waals surface area contributed by atoms with E-state index in [1.54, 1.807) is 13.0 Å². The van der Waals surface area contributed by atoms with Gasteiger partial charge in [0.1, 0.15) is 11.5 Å². The Kier molecular flexibility index (Phi) is 2.85. The zero-order valence-electron chi connectivity index (χ0n) is 11.9. The lowest BCUT2D eigenvalue weighted by Gasteiger charge is -2.55. The van der Waals surface area contributed by atoms with Gasteiger partial charge >= 0.3 is 11.6 Å². The Bertz CT molecular complexity index is 651. The summed E-state index contributed by atoms with van der Waals surface area (Å²) >= 11 is 0. The monoisotopic (exact) mass is 274 g/mol. The number of allylic oxidation sites excluding steroid dienone is 1. The van der Waals surface area contributed by atoms with Crippen molar-refractivity contribution in [3.63, 3.8) is 0 Å². The van der Waals surface area contributed by atoms with Crippen molar-refractivity contribution in [2.24, 2.45) is 17.3 Å². The second-order valence-electron chi connectivity index (χ2n) is 6.31. The van der Waals surface area contributed by atoms with Crippen LogP contribution in [0.4, 0.5) is 0 Å². The number of fused-ring (bicyclic) bond motifs is 1. The molecule has 1 aromatic rings. The van der Waals surface area contributed by atoms with Gasteiger partial charge in [-0.05, 0) is 37.0 Å². The zero-order chi connectivity index (χ0) is 14.5. The fourth-order valence-electron chi connectivity index (χ4n) is 3.38. The van der Waals surface area contributed by atoms with Gasteiger partial charge in [0.05, 0.1) is 6.07 Å². The van der Waals surface area contributed by atoms with E-state index in [2.05, 4.69) is 13.8 Å². The molecule has 0 N–H and O–H groups in total. The number of rotatable bonds is 2. The molecule has 0 radical (unpaired) electrons. The van der Waals surface area contributed by atoms with Crippen LogP contribution in [0.2, 0.25) is 0 Å². The van der Waals surface area contributed by atoms with Crippen molar-refractivity contribution in [1.29, 1.82) is 0 Å². The minimum absolute atomic E-state index is 0.175. The minimum atomic E-state index is -0.505. The van der Waals surface area contributed by atoms with Crippen LogP contribution in [-0.4, -0.2) is 5.97 Å². The topological polar surface area (TPSA) is 56.5 Å². The van der Waals surface area contributed by atoms with Gasteiger partial charge in [-0.1, -0.05) is 19.9 Å². The third-order valence-corrected chi connectivity index (χ3v) is 4.78. The standard InChI is InChI=1S/C16H18O4/c1-9-6-11(8-14(17)19-9)20-15(18)12-5-4-10-7-13(12)16(10,2)3/h5-6,8,10,13H,4,7H2,1-3H3/t10-,13+/m0/s1. The van der Waals surface area contributed by atoms with E-state index >= 15 is 0 Å². The molecule has 0 aromatic carbocycles. The van der Waals surface area contributed by atoms with Gasteiger partial charge in [0, 0.05) is 11.6 Å². The quantitative estimate of drug-likeness (QED) is 0.778. The predicted octanol–water partition coefficient (Wildman–Crippen LogP) is 2.85. The van der Waals surface area contributed by atoms with Crippen LogP contribution >= 0.6 is 0 Å². The van der Waals surface area contributed by atoms with E-state index in [0.29, 0.717) is 11.7 Å². The average molecular weight is 274 g/mol. The number of aryl methyl sites for hydroxylation is 1. The van der Waals surface area contributed by atoms with Gasteiger partial charge in [-0.3, -0.25) is 0 Å². The maximum absolute atomic E-state index is 12.3. The van der Waals surface area contributed by atoms with Crippen LogP contribution in [-0.2, 0) is 4.79 Å². The Morgan fingerprint density at radius 1 is 1.40 bits per heavy atom. The summed E-state index contributed by atoms with van der Waals surface area (Å²) in [5.41, 5.74) is 0.423. The lowest BCUT2D eigenvalue weighted by molar-refractivity contribution is -0.134. The Morgan fingerprint density at radius 2 is 2.15 bits per heavy atom. The van der Waals surface area contributed by atoms with E-state index in [9.17, 15) is 9.59 Å². The number of esters is 1. The molecule has 4 heteroatoms. The van der Waals surface area contributed by atoms with Crippen molar-refractivity contribution in [3.8, 4) is 5.75 Å². The van der Waals surface area contributed by atoms with Crippen molar-refractivity contribution < 1.29 is 13.9 Å². The third kappa shape index (κ3) is 1.99. The lowest BCUT2D eigenvalue weighted by Crippen LogP contribution is -2.49. The molecule has 4 rings (SSSR count). The van der Waals surface area contributed by atoms with Crippen LogP contribution < -0.4 is 10.4 Å². The first-order valence-electron chi connectivity index (χ1n) is 6.92. The molecule has 106 valence electrons. The highest BCUT2D eigenvalue weighted by atomic mass is 16.5. The van der Waals surface area contributed by atoms with Crippen molar-refractivity contribution in [3.05, 3.63) is 40.0 Å². The molecule has 3 aliphatic carbocycles. The molecular formula is C16H18O4. The van der Waals surface area contributed by atoms with Crippen LogP contribution in [0, 0.1) is 24.2 Å². The molecule has 0 aliphatic heterocycles. The summed E-state index contributed by atoms with van der Waals surface area (Å²) in [6.45, 7) is 6.05. The molecule has 0 amide bonds. The molecule has 1 fully saturated rings. The molecular weight excluding hydrogens is 256 g/mol. The first-order chi connectivity index (χ1) is 9.38. The number of hydrogen-bond acceptors (Lipinski definition) is 4. The molecule has 4 nitrogen and oxygen atoms in total. The smallest absolute Gasteiger partial charge is 0.339 e. The van der Waals surface area contributed by atoms with Gasteiger partial charge in [-0.15, -0.1) is 0 Å². The van der Waals surface area contributed by atoms with Crippen LogP contribution in [0.25, 0.3) is 0 Å². The Morgan fingerprint density at radius 3 is 2.75 bits per heavy atom. The number of carbonyl (C=O) groups is 1. The van der Waals surface area contributed by atoms with E-state index in [1.807, 2.05) is 6.08 Å². The molecule has 20 heavy (non-hydrogen) atoms. The van der Waals surface area contributed by atoms with Crippen molar-refractivity contribution in [2.45, 2.75) is 33.6 Å². The minimum Gasteiger partial charge on any atom is -0.428 e. The number of hydrogen-bond donors (Lipinski definition) is 0. The van der Waals surface area contributed by atoms with Crippen LogP contribution in [0.3, 0.4) is 0 Å². The van der Waals surface area contributed by atoms with Gasteiger partial charge in [0.25, 0.3) is 0 Å². The first kappa shape index (κ1) is 13.2. The van der Waals surface area contributed by atoms with Gasteiger partial charge in [0.2, 0.25) is 0 Å². The van der Waals surface area contributed by atoms with Crippen molar-refractivity contribution in [1.82, 2.24) is 0 Å². The summed E-state index contributed by atoms with van der Waals surface area (Å²) in [6.07, 6.45) is 3.98. The highest BCUT2D eigenvalue weighted by molar-refractivity contribution is 5.91. The molecule has 0 saturated heterocycles. The highest BCUT2D eigenvalue weighted by Crippen LogP contribution is 2.59. The second kappa shape index (κ2) is 4.33. The summed E-state index contributed by atoms with van der Waals surface area (Å²) in [4.78, 5) is 23.6. The Labute approximate surface area is 117 Å². The number of ether oxygens (including phenoxy) is 1. The largest absolute Gasteiger partial charge is 0.428 e. The lowest BCUT2D eigenvalue weighted by atomic mass is 9.49. The average Bonchev–Trinajstić information content (AvgIpc) is 2.37. The fourth-order valence-corrected chi connectivity index (χ4v) is 3.38. The molecule has 1 aromatic heterocycles. The molecule has 0 unspecified atom stereocenters. The SMILES string of the molecule is Cc1cc(OC(=O)C2=CC[C@H]3C[C@H]2C3(C)C)cc(=O)o1. The predicted molar refractivity (Wildman–Crippen MR) is 73.4 cm³/mol. The Balaban J connectivity index is 1.80. The first-order valence-corrected chi connectivity index (χ1v) is 6.92. The summed E-state index contributed by atoms with van der Waals surface area (Å²) in [5, 5.41) is 0. The molecule has 3 aliphatic rings. The van der Waals surface area contributed by atoms with E-state index < -0.39 is 5.63 Å². The molecule has 2 atom stereocenters. The summed E-state index contributed by atoms with van der Waals surface area (Å²) in [7, 11) is 0. The van der Waals surface area contributed by atoms with E-state index in [0.717, 1.165) is 18.4 Å². The zero-order valence-corrected chi connectivity index (χ0v) is 11.9. The third-order valence-electron chi connectivity index (χ3n) is 4.78. The molecule has 1 heterocycles. The van der Waals surface area contributed by atoms with E-state index in [-0.39, 0.29) is 23.1 Å². The number of carbonyl (C=O) groups excluding carboxylic acids is 1. The van der Waals surface area contributed by atoms with Crippen molar-refractivity contribution in [2.75, 3.05) is 0 Å². The van der Waals surface area contributed by atoms with Gasteiger partial charge < -0.3 is 9.15 Å². The normalized spacial score (nSPS) is 26.4. The van der Waals surface area contributed by atoms with Gasteiger partial charge in [-0.25, -0.2) is 9.59 Å². The summed E-state index contributed by atoms with van der Waals surface area (Å²) in [6, 6.07) is 2.75. The second-order valence-corrected chi connectivity index (χ2v) is 6.31. The molecule has 1 saturated carbocycles. The van der Waals surface area contributed by atoms with E-state index in [1.165, 1.54) is 6.07 Å². The van der Waals surface area contributed by atoms with Crippen LogP contribution in [0.15, 0.2) is 33.0 Å².